The Bertz CT molecular complexity index is 212. The van der Waals surface area contributed by atoms with Crippen molar-refractivity contribution in [2.45, 2.75) is 38.8 Å². The molecule has 0 aromatic rings. The molecule has 19 heavy (non-hydrogen) atoms. The number of rotatable bonds is 11. The average Bonchev–Trinajstić information content (AvgIpc) is 2.38. The van der Waals surface area contributed by atoms with Gasteiger partial charge >= 0.3 is 0 Å². The van der Waals surface area contributed by atoms with Gasteiger partial charge in [-0.3, -0.25) is 0 Å². The van der Waals surface area contributed by atoms with Gasteiger partial charge in [-0.25, -0.2) is 0 Å². The summed E-state index contributed by atoms with van der Waals surface area (Å²) in [6, 6.07) is 1.26. The molecule has 0 aromatic carbocycles. The first kappa shape index (κ1) is 18.8. The van der Waals surface area contributed by atoms with E-state index >= 15 is 0 Å². The fourth-order valence-corrected chi connectivity index (χ4v) is 1.95. The highest BCUT2D eigenvalue weighted by molar-refractivity contribution is 4.69. The van der Waals surface area contributed by atoms with Crippen LogP contribution in [0.15, 0.2) is 0 Å². The second kappa shape index (κ2) is 10.6. The summed E-state index contributed by atoms with van der Waals surface area (Å²) in [5.41, 5.74) is 0. The van der Waals surface area contributed by atoms with Crippen molar-refractivity contribution in [1.29, 1.82) is 0 Å². The van der Waals surface area contributed by atoms with E-state index in [0.717, 1.165) is 26.2 Å². The normalized spacial score (nSPS) is 15.5. The van der Waals surface area contributed by atoms with E-state index in [1.807, 2.05) is 0 Å². The summed E-state index contributed by atoms with van der Waals surface area (Å²) in [5, 5.41) is 0. The maximum absolute atomic E-state index is 5.12. The second-order valence-electron chi connectivity index (χ2n) is 6.03. The maximum Gasteiger partial charge on any atom is 0.0589 e. The minimum atomic E-state index is 0.610. The molecule has 0 aliphatic rings. The van der Waals surface area contributed by atoms with Crippen LogP contribution < -0.4 is 0 Å². The van der Waals surface area contributed by atoms with Crippen molar-refractivity contribution in [1.82, 2.24) is 14.7 Å². The molecule has 0 spiro atoms. The molecule has 0 radical (unpaired) electrons. The Hall–Kier alpha value is -0.160. The Morgan fingerprint density at radius 2 is 1.26 bits per heavy atom. The number of nitrogens with zero attached hydrogens (tertiary/aromatic N) is 3. The summed E-state index contributed by atoms with van der Waals surface area (Å²) < 4.78 is 5.12. The molecule has 2 unspecified atom stereocenters. The van der Waals surface area contributed by atoms with Gasteiger partial charge in [0.2, 0.25) is 0 Å². The fourth-order valence-electron chi connectivity index (χ4n) is 1.95. The van der Waals surface area contributed by atoms with Crippen LogP contribution in [-0.2, 0) is 4.74 Å². The fraction of sp³-hybridized carbons (Fsp3) is 1.00. The molecule has 0 amide bonds. The summed E-state index contributed by atoms with van der Waals surface area (Å²) in [5.74, 6) is 0. The SMILES string of the molecule is COCCN(C)C(C)CCN(C)C(C)CCN(C)C. The molecule has 0 aliphatic carbocycles. The van der Waals surface area contributed by atoms with Crippen LogP contribution in [0.1, 0.15) is 26.7 Å². The van der Waals surface area contributed by atoms with Gasteiger partial charge < -0.3 is 19.4 Å². The Morgan fingerprint density at radius 3 is 1.74 bits per heavy atom. The lowest BCUT2D eigenvalue weighted by molar-refractivity contribution is 0.131. The number of likely N-dealkylation sites (N-methyl/N-ethyl adjacent to an activating group) is 1. The van der Waals surface area contributed by atoms with Crippen LogP contribution in [-0.4, -0.2) is 88.3 Å². The smallest absolute Gasteiger partial charge is 0.0589 e. The van der Waals surface area contributed by atoms with E-state index in [1.54, 1.807) is 7.11 Å². The van der Waals surface area contributed by atoms with Crippen LogP contribution in [0.5, 0.6) is 0 Å². The molecule has 4 heteroatoms. The maximum atomic E-state index is 5.12. The first-order valence-corrected chi connectivity index (χ1v) is 7.42. The van der Waals surface area contributed by atoms with E-state index in [4.69, 9.17) is 4.74 Å². The van der Waals surface area contributed by atoms with Gasteiger partial charge in [-0.2, -0.15) is 0 Å². The van der Waals surface area contributed by atoms with Crippen molar-refractivity contribution >= 4 is 0 Å². The summed E-state index contributed by atoms with van der Waals surface area (Å²) in [4.78, 5) is 7.11. The molecule has 0 heterocycles. The summed E-state index contributed by atoms with van der Waals surface area (Å²) in [6.45, 7) is 8.77. The third-order valence-electron chi connectivity index (χ3n) is 4.05. The van der Waals surface area contributed by atoms with Gasteiger partial charge in [0.05, 0.1) is 6.61 Å². The zero-order valence-electron chi connectivity index (χ0n) is 14.1. The Morgan fingerprint density at radius 1 is 0.789 bits per heavy atom. The number of hydrogen-bond donors (Lipinski definition) is 0. The number of hydrogen-bond acceptors (Lipinski definition) is 4. The summed E-state index contributed by atoms with van der Waals surface area (Å²) >= 11 is 0. The van der Waals surface area contributed by atoms with Crippen molar-refractivity contribution in [2.24, 2.45) is 0 Å². The lowest BCUT2D eigenvalue weighted by atomic mass is 10.1. The largest absolute Gasteiger partial charge is 0.383 e. The van der Waals surface area contributed by atoms with Crippen molar-refractivity contribution in [3.05, 3.63) is 0 Å². The quantitative estimate of drug-likeness (QED) is 0.569. The molecular formula is C15H35N3O. The van der Waals surface area contributed by atoms with Crippen LogP contribution in [0.3, 0.4) is 0 Å². The minimum Gasteiger partial charge on any atom is -0.383 e. The molecule has 0 N–H and O–H groups in total. The van der Waals surface area contributed by atoms with E-state index in [-0.39, 0.29) is 0 Å². The molecule has 0 rings (SSSR count). The molecular weight excluding hydrogens is 238 g/mol. The molecule has 0 saturated heterocycles. The standard InChI is InChI=1S/C15H35N3O/c1-14(8-10-16(3)4)17(5)11-9-15(2)18(6)12-13-19-7/h14-15H,8-13H2,1-7H3. The van der Waals surface area contributed by atoms with Crippen molar-refractivity contribution < 1.29 is 4.74 Å². The molecule has 0 aliphatic heterocycles. The van der Waals surface area contributed by atoms with E-state index < -0.39 is 0 Å². The topological polar surface area (TPSA) is 19.0 Å². The van der Waals surface area contributed by atoms with E-state index in [1.165, 1.54) is 12.8 Å². The Kier molecular flexibility index (Phi) is 10.5. The molecule has 0 fully saturated rings. The lowest BCUT2D eigenvalue weighted by Crippen LogP contribution is -2.38. The van der Waals surface area contributed by atoms with E-state index in [2.05, 4.69) is 56.7 Å². The van der Waals surface area contributed by atoms with Gasteiger partial charge in [0.25, 0.3) is 0 Å². The van der Waals surface area contributed by atoms with Crippen LogP contribution in [0.25, 0.3) is 0 Å². The predicted octanol–water partition coefficient (Wildman–Crippen LogP) is 1.62. The van der Waals surface area contributed by atoms with E-state index in [9.17, 15) is 0 Å². The average molecular weight is 273 g/mol. The molecule has 4 nitrogen and oxygen atoms in total. The van der Waals surface area contributed by atoms with Crippen LogP contribution >= 0.6 is 0 Å². The van der Waals surface area contributed by atoms with E-state index in [0.29, 0.717) is 12.1 Å². The summed E-state index contributed by atoms with van der Waals surface area (Å²) in [7, 11) is 10.5. The highest BCUT2D eigenvalue weighted by Crippen LogP contribution is 2.07. The Balaban J connectivity index is 3.83. The molecule has 0 saturated carbocycles. The van der Waals surface area contributed by atoms with Gasteiger partial charge in [0.1, 0.15) is 0 Å². The Labute approximate surface area is 120 Å². The minimum absolute atomic E-state index is 0.610. The van der Waals surface area contributed by atoms with Crippen LogP contribution in [0.4, 0.5) is 0 Å². The third kappa shape index (κ3) is 9.38. The summed E-state index contributed by atoms with van der Waals surface area (Å²) in [6.07, 6.45) is 2.44. The van der Waals surface area contributed by atoms with Gasteiger partial charge in [-0.05, 0) is 68.0 Å². The van der Waals surface area contributed by atoms with Crippen LogP contribution in [0.2, 0.25) is 0 Å². The first-order chi connectivity index (χ1) is 8.88. The first-order valence-electron chi connectivity index (χ1n) is 7.42. The number of ether oxygens (including phenoxy) is 1. The zero-order chi connectivity index (χ0) is 14.8. The zero-order valence-corrected chi connectivity index (χ0v) is 14.1. The molecule has 116 valence electrons. The van der Waals surface area contributed by atoms with Crippen molar-refractivity contribution in [3.8, 4) is 0 Å². The third-order valence-corrected chi connectivity index (χ3v) is 4.05. The molecule has 0 bridgehead atoms. The molecule has 0 aromatic heterocycles. The highest BCUT2D eigenvalue weighted by Gasteiger charge is 2.13. The molecule has 2 atom stereocenters. The van der Waals surface area contributed by atoms with Gasteiger partial charge in [-0.15, -0.1) is 0 Å². The second-order valence-corrected chi connectivity index (χ2v) is 6.03. The highest BCUT2D eigenvalue weighted by atomic mass is 16.5. The van der Waals surface area contributed by atoms with Gasteiger partial charge in [0.15, 0.2) is 0 Å². The number of methoxy groups -OCH3 is 1. The van der Waals surface area contributed by atoms with Crippen LogP contribution in [0, 0.1) is 0 Å². The van der Waals surface area contributed by atoms with Crippen molar-refractivity contribution in [3.63, 3.8) is 0 Å². The lowest BCUT2D eigenvalue weighted by Gasteiger charge is -2.30. The van der Waals surface area contributed by atoms with Gasteiger partial charge in [0, 0.05) is 25.7 Å². The predicted molar refractivity (Wildman–Crippen MR) is 83.8 cm³/mol. The monoisotopic (exact) mass is 273 g/mol. The van der Waals surface area contributed by atoms with Crippen molar-refractivity contribution in [2.75, 3.05) is 61.5 Å². The van der Waals surface area contributed by atoms with Gasteiger partial charge in [-0.1, -0.05) is 0 Å².